The van der Waals surface area contributed by atoms with Crippen LogP contribution in [0.25, 0.3) is 0 Å². The van der Waals surface area contributed by atoms with Gasteiger partial charge in [0.25, 0.3) is 0 Å². The Hall–Kier alpha value is -1.06. The van der Waals surface area contributed by atoms with Crippen LogP contribution in [0.15, 0.2) is 4.99 Å². The van der Waals surface area contributed by atoms with E-state index in [-0.39, 0.29) is 12.5 Å². The minimum atomic E-state index is -0.0195. The molecule has 0 atom stereocenters. The molecule has 0 radical (unpaired) electrons. The van der Waals surface area contributed by atoms with Crippen LogP contribution in [0.4, 0.5) is 0 Å². The van der Waals surface area contributed by atoms with Gasteiger partial charge in [0.15, 0.2) is 0 Å². The van der Waals surface area contributed by atoms with Crippen molar-refractivity contribution in [1.82, 2.24) is 5.32 Å². The van der Waals surface area contributed by atoms with Gasteiger partial charge >= 0.3 is 0 Å². The first-order valence-corrected chi connectivity index (χ1v) is 4.30. The molecule has 0 aromatic carbocycles. The summed E-state index contributed by atoms with van der Waals surface area (Å²) in [5.74, 6) is 0.523. The summed E-state index contributed by atoms with van der Waals surface area (Å²) < 4.78 is 0. The van der Waals surface area contributed by atoms with Crippen LogP contribution >= 0.6 is 0 Å². The molecule has 3 N–H and O–H groups in total. The van der Waals surface area contributed by atoms with E-state index in [9.17, 15) is 4.79 Å². The molecule has 0 heterocycles. The Morgan fingerprint density at radius 2 is 2.33 bits per heavy atom. The lowest BCUT2D eigenvalue weighted by atomic mass is 10.4. The molecule has 4 heteroatoms. The highest BCUT2D eigenvalue weighted by Gasteiger charge is 2.22. The van der Waals surface area contributed by atoms with Crippen molar-refractivity contribution in [2.24, 2.45) is 10.7 Å². The fraction of sp³-hybridized carbons (Fsp3) is 0.750. The topological polar surface area (TPSA) is 67.5 Å². The SMILES string of the molecule is CCC(N)=NCC(=O)NC1CC1. The van der Waals surface area contributed by atoms with Crippen LogP contribution in [-0.4, -0.2) is 24.3 Å². The zero-order valence-electron chi connectivity index (χ0n) is 7.34. The quantitative estimate of drug-likeness (QED) is 0.460. The Kier molecular flexibility index (Phi) is 3.08. The number of carbonyl (C=O) groups is 1. The van der Waals surface area contributed by atoms with Crippen molar-refractivity contribution in [3.05, 3.63) is 0 Å². The van der Waals surface area contributed by atoms with Gasteiger partial charge in [-0.15, -0.1) is 0 Å². The lowest BCUT2D eigenvalue weighted by Crippen LogP contribution is -2.28. The second-order valence-electron chi connectivity index (χ2n) is 3.00. The standard InChI is InChI=1S/C8H15N3O/c1-2-7(9)10-5-8(12)11-6-3-4-6/h6H,2-5H2,1H3,(H2,9,10)(H,11,12). The van der Waals surface area contributed by atoms with Gasteiger partial charge < -0.3 is 11.1 Å². The van der Waals surface area contributed by atoms with Gasteiger partial charge in [-0.05, 0) is 12.8 Å². The summed E-state index contributed by atoms with van der Waals surface area (Å²) in [6.07, 6.45) is 2.92. The number of hydrogen-bond donors (Lipinski definition) is 2. The molecule has 1 aliphatic rings. The predicted molar refractivity (Wildman–Crippen MR) is 47.9 cm³/mol. The van der Waals surface area contributed by atoms with Gasteiger partial charge in [0.1, 0.15) is 6.54 Å². The molecule has 0 aromatic heterocycles. The highest BCUT2D eigenvalue weighted by molar-refractivity contribution is 5.85. The summed E-state index contributed by atoms with van der Waals surface area (Å²) in [4.78, 5) is 14.9. The van der Waals surface area contributed by atoms with Crippen molar-refractivity contribution in [2.45, 2.75) is 32.2 Å². The van der Waals surface area contributed by atoms with Crippen molar-refractivity contribution < 1.29 is 4.79 Å². The lowest BCUT2D eigenvalue weighted by molar-refractivity contribution is -0.119. The largest absolute Gasteiger partial charge is 0.387 e. The number of aliphatic imine (C=N–C) groups is 1. The van der Waals surface area contributed by atoms with E-state index in [0.717, 1.165) is 12.8 Å². The lowest BCUT2D eigenvalue weighted by Gasteiger charge is -1.99. The summed E-state index contributed by atoms with van der Waals surface area (Å²) in [6.45, 7) is 2.09. The maximum atomic E-state index is 11.0. The number of amides is 1. The average molecular weight is 169 g/mol. The van der Waals surface area contributed by atoms with Gasteiger partial charge in [-0.3, -0.25) is 9.79 Å². The van der Waals surface area contributed by atoms with Gasteiger partial charge in [0.2, 0.25) is 5.91 Å². The summed E-state index contributed by atoms with van der Waals surface area (Å²) >= 11 is 0. The molecule has 12 heavy (non-hydrogen) atoms. The molecule has 0 unspecified atom stereocenters. The van der Waals surface area contributed by atoms with Crippen LogP contribution < -0.4 is 11.1 Å². The molecule has 0 saturated heterocycles. The van der Waals surface area contributed by atoms with Gasteiger partial charge in [0, 0.05) is 12.5 Å². The first-order valence-electron chi connectivity index (χ1n) is 4.30. The van der Waals surface area contributed by atoms with Crippen molar-refractivity contribution in [3.63, 3.8) is 0 Å². The van der Waals surface area contributed by atoms with Crippen LogP contribution in [0.1, 0.15) is 26.2 Å². The second-order valence-corrected chi connectivity index (χ2v) is 3.00. The molecule has 0 bridgehead atoms. The zero-order chi connectivity index (χ0) is 8.97. The molecule has 1 rings (SSSR count). The summed E-state index contributed by atoms with van der Waals surface area (Å²) in [5.41, 5.74) is 5.44. The van der Waals surface area contributed by atoms with Crippen molar-refractivity contribution in [1.29, 1.82) is 0 Å². The Labute approximate surface area is 72.2 Å². The first-order chi connectivity index (χ1) is 5.72. The zero-order valence-corrected chi connectivity index (χ0v) is 7.34. The Bertz CT molecular complexity index is 196. The van der Waals surface area contributed by atoms with Gasteiger partial charge in [-0.1, -0.05) is 6.92 Å². The number of nitrogens with zero attached hydrogens (tertiary/aromatic N) is 1. The number of amidine groups is 1. The maximum Gasteiger partial charge on any atom is 0.241 e. The van der Waals surface area contributed by atoms with E-state index in [2.05, 4.69) is 10.3 Å². The predicted octanol–water partition coefficient (Wildman–Crippen LogP) is 0.0322. The molecule has 1 fully saturated rings. The molecule has 68 valence electrons. The first kappa shape index (κ1) is 9.03. The van der Waals surface area contributed by atoms with Crippen molar-refractivity contribution in [2.75, 3.05) is 6.54 Å². The highest BCUT2D eigenvalue weighted by atomic mass is 16.1. The second kappa shape index (κ2) is 4.09. The molecule has 1 amide bonds. The fourth-order valence-corrected chi connectivity index (χ4v) is 0.786. The summed E-state index contributed by atoms with van der Waals surface area (Å²) in [5, 5.41) is 2.83. The molecular weight excluding hydrogens is 154 g/mol. The molecular formula is C8H15N3O. The van der Waals surface area contributed by atoms with Crippen molar-refractivity contribution in [3.8, 4) is 0 Å². The smallest absolute Gasteiger partial charge is 0.241 e. The average Bonchev–Trinajstić information content (AvgIpc) is 2.84. The van der Waals surface area contributed by atoms with E-state index in [1.54, 1.807) is 0 Å². The number of hydrogen-bond acceptors (Lipinski definition) is 2. The molecule has 4 nitrogen and oxygen atoms in total. The Morgan fingerprint density at radius 3 is 2.83 bits per heavy atom. The van der Waals surface area contributed by atoms with Crippen LogP contribution in [0.3, 0.4) is 0 Å². The third-order valence-electron chi connectivity index (χ3n) is 1.73. The summed E-state index contributed by atoms with van der Waals surface area (Å²) in [7, 11) is 0. The van der Waals surface area contributed by atoms with E-state index >= 15 is 0 Å². The van der Waals surface area contributed by atoms with Crippen LogP contribution in [-0.2, 0) is 4.79 Å². The molecule has 1 saturated carbocycles. The van der Waals surface area contributed by atoms with Crippen LogP contribution in [0.2, 0.25) is 0 Å². The van der Waals surface area contributed by atoms with Gasteiger partial charge in [-0.2, -0.15) is 0 Å². The molecule has 0 aliphatic heterocycles. The maximum absolute atomic E-state index is 11.0. The van der Waals surface area contributed by atoms with Gasteiger partial charge in [-0.25, -0.2) is 0 Å². The van der Waals surface area contributed by atoms with E-state index < -0.39 is 0 Å². The van der Waals surface area contributed by atoms with E-state index in [0.29, 0.717) is 18.3 Å². The Morgan fingerprint density at radius 1 is 1.67 bits per heavy atom. The third kappa shape index (κ3) is 3.37. The third-order valence-corrected chi connectivity index (χ3v) is 1.73. The van der Waals surface area contributed by atoms with Gasteiger partial charge in [0.05, 0.1) is 5.84 Å². The number of rotatable bonds is 4. The molecule has 1 aliphatic carbocycles. The summed E-state index contributed by atoms with van der Waals surface area (Å²) in [6, 6.07) is 0.413. The van der Waals surface area contributed by atoms with Crippen molar-refractivity contribution >= 4 is 11.7 Å². The normalized spacial score (nSPS) is 17.6. The number of carbonyl (C=O) groups excluding carboxylic acids is 1. The van der Waals surface area contributed by atoms with E-state index in [1.165, 1.54) is 0 Å². The van der Waals surface area contributed by atoms with Crippen LogP contribution in [0.5, 0.6) is 0 Å². The monoisotopic (exact) mass is 169 g/mol. The molecule has 0 spiro atoms. The number of nitrogens with one attached hydrogen (secondary N) is 1. The van der Waals surface area contributed by atoms with Crippen LogP contribution in [0, 0.1) is 0 Å². The Balaban J connectivity index is 2.16. The highest BCUT2D eigenvalue weighted by Crippen LogP contribution is 2.18. The van der Waals surface area contributed by atoms with E-state index in [1.807, 2.05) is 6.92 Å². The minimum absolute atomic E-state index is 0.0195. The minimum Gasteiger partial charge on any atom is -0.387 e. The van der Waals surface area contributed by atoms with E-state index in [4.69, 9.17) is 5.73 Å². The molecule has 0 aromatic rings. The number of nitrogens with two attached hydrogens (primary N) is 1. The fourth-order valence-electron chi connectivity index (χ4n) is 0.786.